The van der Waals surface area contributed by atoms with Gasteiger partial charge in [-0.3, -0.25) is 30.0 Å². The number of nitrogens with zero attached hydrogens (tertiary/aromatic N) is 1. The van der Waals surface area contributed by atoms with Crippen molar-refractivity contribution in [3.05, 3.63) is 57.6 Å². The van der Waals surface area contributed by atoms with Crippen LogP contribution < -0.4 is 16.7 Å². The Morgan fingerprint density at radius 1 is 0.652 bits per heavy atom. The molecule has 2 rings (SSSR count). The van der Waals surface area contributed by atoms with E-state index in [0.717, 1.165) is 11.1 Å². The molecule has 0 radical (unpaired) electrons. The van der Waals surface area contributed by atoms with Crippen LogP contribution in [0.2, 0.25) is 0 Å². The second-order valence-electron chi connectivity index (χ2n) is 16.1. The third-order valence-corrected chi connectivity index (χ3v) is 7.91. The van der Waals surface area contributed by atoms with Crippen molar-refractivity contribution >= 4 is 23.6 Å². The molecule has 10 nitrogen and oxygen atoms in total. The SMILES string of the molecule is CC(C)(C)c1cc(C(=O)NN(C(=O)CCCCC(=O)NN)C(=O)c2cc(C(C)(C)C)cc(C(C)(C)C)c2O)c(O)c(C(C)(C)C)c1. The second-order valence-corrected chi connectivity index (χ2v) is 16.1. The summed E-state index contributed by atoms with van der Waals surface area (Å²) in [5, 5.41) is 23.3. The minimum absolute atomic E-state index is 0.0799. The summed E-state index contributed by atoms with van der Waals surface area (Å²) in [6.45, 7) is 23.3. The number of rotatable bonds is 7. The highest BCUT2D eigenvalue weighted by molar-refractivity contribution is 6.09. The molecule has 2 aromatic carbocycles. The highest BCUT2D eigenvalue weighted by Gasteiger charge is 2.34. The van der Waals surface area contributed by atoms with Gasteiger partial charge in [0.2, 0.25) is 11.8 Å². The zero-order valence-corrected chi connectivity index (χ0v) is 29.7. The fourth-order valence-electron chi connectivity index (χ4n) is 4.87. The molecule has 4 amide bonds. The van der Waals surface area contributed by atoms with Crippen LogP contribution in [0.5, 0.6) is 11.5 Å². The molecule has 0 aliphatic carbocycles. The summed E-state index contributed by atoms with van der Waals surface area (Å²) in [6.07, 6.45) is 0.437. The number of nitrogens with one attached hydrogen (secondary N) is 2. The Labute approximate surface area is 274 Å². The maximum atomic E-state index is 14.2. The quantitative estimate of drug-likeness (QED) is 0.105. The van der Waals surface area contributed by atoms with Crippen LogP contribution in [0.4, 0.5) is 0 Å². The van der Waals surface area contributed by atoms with Gasteiger partial charge in [-0.1, -0.05) is 95.2 Å². The van der Waals surface area contributed by atoms with E-state index in [2.05, 4.69) is 5.43 Å². The van der Waals surface area contributed by atoms with Crippen molar-refractivity contribution in [2.24, 2.45) is 5.84 Å². The van der Waals surface area contributed by atoms with E-state index in [1.165, 1.54) is 0 Å². The van der Waals surface area contributed by atoms with Crippen LogP contribution in [-0.2, 0) is 31.2 Å². The van der Waals surface area contributed by atoms with Gasteiger partial charge in [0.15, 0.2) is 0 Å². The Kier molecular flexibility index (Phi) is 11.5. The molecular weight excluding hydrogens is 584 g/mol. The molecule has 0 aromatic heterocycles. The first-order valence-corrected chi connectivity index (χ1v) is 15.7. The third-order valence-electron chi connectivity index (χ3n) is 7.91. The number of phenolic OH excluding ortho intramolecular Hbond substituents is 2. The molecule has 0 aliphatic rings. The Morgan fingerprint density at radius 3 is 1.48 bits per heavy atom. The number of hydrazine groups is 2. The molecule has 46 heavy (non-hydrogen) atoms. The predicted molar refractivity (Wildman–Crippen MR) is 180 cm³/mol. The van der Waals surface area contributed by atoms with E-state index in [1.54, 1.807) is 12.1 Å². The van der Waals surface area contributed by atoms with E-state index in [9.17, 15) is 29.4 Å². The molecule has 0 heterocycles. The van der Waals surface area contributed by atoms with Crippen molar-refractivity contribution in [2.45, 2.75) is 130 Å². The molecule has 0 aliphatic heterocycles. The molecule has 0 bridgehead atoms. The first-order valence-electron chi connectivity index (χ1n) is 15.7. The van der Waals surface area contributed by atoms with Crippen molar-refractivity contribution in [3.8, 4) is 11.5 Å². The summed E-state index contributed by atoms with van der Waals surface area (Å²) in [4.78, 5) is 53.4. The highest BCUT2D eigenvalue weighted by Crippen LogP contribution is 2.39. The number of carbonyl (C=O) groups is 4. The van der Waals surface area contributed by atoms with Crippen LogP contribution in [0.3, 0.4) is 0 Å². The molecule has 2 aromatic rings. The summed E-state index contributed by atoms with van der Waals surface area (Å²) in [5.41, 5.74) is 5.00. The van der Waals surface area contributed by atoms with Crippen LogP contribution in [-0.4, -0.2) is 38.9 Å². The average Bonchev–Trinajstić information content (AvgIpc) is 2.90. The molecule has 10 heteroatoms. The van der Waals surface area contributed by atoms with Gasteiger partial charge < -0.3 is 10.2 Å². The molecule has 254 valence electrons. The first-order chi connectivity index (χ1) is 20.8. The summed E-state index contributed by atoms with van der Waals surface area (Å²) < 4.78 is 0. The molecule has 0 fully saturated rings. The van der Waals surface area contributed by atoms with E-state index < -0.39 is 39.9 Å². The Hall–Kier alpha value is -3.92. The standard InChI is InChI=1S/C36H54N4O6/c1-33(2,3)21-17-23(29(43)25(19-21)35(7,8)9)31(45)39-40(28(42)16-14-13-15-27(41)38-37)32(46)24-18-22(34(4,5)6)20-26(30(24)44)36(10,11)12/h17-20,43-44H,13-16,37H2,1-12H3,(H,38,41)(H,39,45). The maximum Gasteiger partial charge on any atom is 0.283 e. The van der Waals surface area contributed by atoms with E-state index in [0.29, 0.717) is 22.6 Å². The topological polar surface area (TPSA) is 162 Å². The monoisotopic (exact) mass is 638 g/mol. The fourth-order valence-corrected chi connectivity index (χ4v) is 4.87. The lowest BCUT2D eigenvalue weighted by Crippen LogP contribution is -2.50. The first kappa shape index (κ1) is 38.3. The van der Waals surface area contributed by atoms with Gasteiger partial charge in [0.1, 0.15) is 11.5 Å². The second kappa shape index (κ2) is 13.8. The van der Waals surface area contributed by atoms with Crippen LogP contribution >= 0.6 is 0 Å². The minimum atomic E-state index is -0.922. The third kappa shape index (κ3) is 9.31. The maximum absolute atomic E-state index is 14.2. The van der Waals surface area contributed by atoms with Crippen molar-refractivity contribution in [2.75, 3.05) is 0 Å². The Balaban J connectivity index is 2.72. The van der Waals surface area contributed by atoms with Crippen LogP contribution in [0, 0.1) is 0 Å². The number of imide groups is 1. The molecule has 0 unspecified atom stereocenters. The highest BCUT2D eigenvalue weighted by atomic mass is 16.3. The minimum Gasteiger partial charge on any atom is -0.507 e. The largest absolute Gasteiger partial charge is 0.507 e. The lowest BCUT2D eigenvalue weighted by molar-refractivity contribution is -0.131. The number of nitrogens with two attached hydrogens (primary N) is 1. The summed E-state index contributed by atoms with van der Waals surface area (Å²) in [6, 6.07) is 6.82. The van der Waals surface area contributed by atoms with Gasteiger partial charge in [-0.25, -0.2) is 5.84 Å². The smallest absolute Gasteiger partial charge is 0.283 e. The number of hydrogen-bond acceptors (Lipinski definition) is 7. The molecule has 0 saturated carbocycles. The average molecular weight is 639 g/mol. The van der Waals surface area contributed by atoms with Crippen LogP contribution in [0.1, 0.15) is 152 Å². The van der Waals surface area contributed by atoms with Crippen molar-refractivity contribution < 1.29 is 29.4 Å². The predicted octanol–water partition coefficient (Wildman–Crippen LogP) is 6.15. The number of aromatic hydroxyl groups is 2. The Bertz CT molecular complexity index is 1480. The van der Waals surface area contributed by atoms with Crippen molar-refractivity contribution in [3.63, 3.8) is 0 Å². The van der Waals surface area contributed by atoms with Gasteiger partial charge in [0, 0.05) is 24.0 Å². The summed E-state index contributed by atoms with van der Waals surface area (Å²) in [5.74, 6) is 1.70. The summed E-state index contributed by atoms with van der Waals surface area (Å²) >= 11 is 0. The number of amides is 4. The zero-order chi connectivity index (χ0) is 35.6. The molecule has 0 spiro atoms. The van der Waals surface area contributed by atoms with E-state index in [-0.39, 0.29) is 47.3 Å². The van der Waals surface area contributed by atoms with Gasteiger partial charge in [-0.15, -0.1) is 0 Å². The van der Waals surface area contributed by atoms with E-state index in [1.807, 2.05) is 101 Å². The molecule has 0 atom stereocenters. The molecular formula is C36H54N4O6. The number of unbranched alkanes of at least 4 members (excludes halogenated alkanes) is 1. The number of carbonyl (C=O) groups excluding carboxylic acids is 4. The Morgan fingerprint density at radius 2 is 1.07 bits per heavy atom. The van der Waals surface area contributed by atoms with Gasteiger partial charge in [-0.2, -0.15) is 5.01 Å². The van der Waals surface area contributed by atoms with Crippen LogP contribution in [0.15, 0.2) is 24.3 Å². The molecule has 6 N–H and O–H groups in total. The lowest BCUT2D eigenvalue weighted by Gasteiger charge is -2.29. The van der Waals surface area contributed by atoms with Crippen molar-refractivity contribution in [1.29, 1.82) is 0 Å². The zero-order valence-electron chi connectivity index (χ0n) is 29.7. The van der Waals surface area contributed by atoms with Gasteiger partial charge in [0.05, 0.1) is 11.1 Å². The van der Waals surface area contributed by atoms with Crippen LogP contribution in [0.25, 0.3) is 0 Å². The number of hydrogen-bond donors (Lipinski definition) is 5. The van der Waals surface area contributed by atoms with E-state index in [4.69, 9.17) is 5.84 Å². The van der Waals surface area contributed by atoms with Gasteiger partial charge >= 0.3 is 0 Å². The van der Waals surface area contributed by atoms with Crippen molar-refractivity contribution in [1.82, 2.24) is 15.9 Å². The number of benzene rings is 2. The normalized spacial score (nSPS) is 12.5. The molecule has 0 saturated heterocycles. The van der Waals surface area contributed by atoms with Gasteiger partial charge in [0.25, 0.3) is 11.8 Å². The fraction of sp³-hybridized carbons (Fsp3) is 0.556. The summed E-state index contributed by atoms with van der Waals surface area (Å²) in [7, 11) is 0. The lowest BCUT2D eigenvalue weighted by atomic mass is 9.78. The van der Waals surface area contributed by atoms with E-state index >= 15 is 0 Å². The van der Waals surface area contributed by atoms with Gasteiger partial charge in [-0.05, 0) is 57.8 Å². The number of phenols is 2.